The molecule has 0 spiro atoms. The third-order valence-electron chi connectivity index (χ3n) is 4.04. The quantitative estimate of drug-likeness (QED) is 0.730. The van der Waals surface area contributed by atoms with Gasteiger partial charge in [-0.25, -0.2) is 0 Å². The molecule has 0 aliphatic heterocycles. The topological polar surface area (TPSA) is 51.1 Å². The normalized spacial score (nSPS) is 10.9. The lowest BCUT2D eigenvalue weighted by atomic mass is 10.1. The molecule has 1 N–H and O–H groups in total. The van der Waals surface area contributed by atoms with E-state index in [0.717, 1.165) is 22.0 Å². The predicted molar refractivity (Wildman–Crippen MR) is 103 cm³/mol. The smallest absolute Gasteiger partial charge is 0.251 e. The van der Waals surface area contributed by atoms with Gasteiger partial charge in [0.15, 0.2) is 0 Å². The molecule has 0 bridgehead atoms. The van der Waals surface area contributed by atoms with E-state index in [9.17, 15) is 9.59 Å². The van der Waals surface area contributed by atoms with Crippen LogP contribution in [0, 0.1) is 13.8 Å². The zero-order chi connectivity index (χ0) is 18.1. The van der Waals surface area contributed by atoms with E-state index in [2.05, 4.69) is 5.32 Å². The lowest BCUT2D eigenvalue weighted by Gasteiger charge is -2.14. The molecule has 3 rings (SSSR count). The van der Waals surface area contributed by atoms with Crippen LogP contribution >= 0.6 is 23.2 Å². The lowest BCUT2D eigenvalue weighted by molar-refractivity contribution is -0.116. The molecule has 128 valence electrons. The van der Waals surface area contributed by atoms with E-state index >= 15 is 0 Å². The Morgan fingerprint density at radius 3 is 2.60 bits per heavy atom. The van der Waals surface area contributed by atoms with E-state index in [1.165, 1.54) is 4.57 Å². The van der Waals surface area contributed by atoms with Crippen molar-refractivity contribution in [2.24, 2.45) is 0 Å². The van der Waals surface area contributed by atoms with Gasteiger partial charge in [0.05, 0.1) is 16.2 Å². The van der Waals surface area contributed by atoms with Crippen LogP contribution in [0.25, 0.3) is 10.9 Å². The monoisotopic (exact) mass is 374 g/mol. The molecular weight excluding hydrogens is 359 g/mol. The van der Waals surface area contributed by atoms with Gasteiger partial charge in [-0.15, -0.1) is 0 Å². The van der Waals surface area contributed by atoms with Gasteiger partial charge in [-0.1, -0.05) is 41.4 Å². The summed E-state index contributed by atoms with van der Waals surface area (Å²) in [7, 11) is 0. The van der Waals surface area contributed by atoms with Crippen molar-refractivity contribution in [1.82, 2.24) is 4.57 Å². The number of halogens is 2. The van der Waals surface area contributed by atoms with Gasteiger partial charge < -0.3 is 5.32 Å². The second-order valence-electron chi connectivity index (χ2n) is 5.90. The average molecular weight is 375 g/mol. The number of para-hydroxylation sites is 1. The van der Waals surface area contributed by atoms with Crippen LogP contribution in [-0.4, -0.2) is 10.5 Å². The molecule has 1 heterocycles. The van der Waals surface area contributed by atoms with E-state index in [-0.39, 0.29) is 18.0 Å². The van der Waals surface area contributed by atoms with Crippen LogP contribution < -0.4 is 10.9 Å². The Morgan fingerprint density at radius 2 is 1.84 bits per heavy atom. The fourth-order valence-corrected chi connectivity index (χ4v) is 3.21. The number of rotatable bonds is 3. The predicted octanol–water partition coefficient (Wildman–Crippen LogP) is 4.56. The number of anilines is 1. The molecule has 1 amide bonds. The van der Waals surface area contributed by atoms with Gasteiger partial charge in [0.25, 0.3) is 5.56 Å². The van der Waals surface area contributed by atoms with Crippen LogP contribution in [0.5, 0.6) is 0 Å². The minimum absolute atomic E-state index is 0.108. The molecule has 2 aromatic carbocycles. The van der Waals surface area contributed by atoms with Crippen molar-refractivity contribution in [3.63, 3.8) is 0 Å². The van der Waals surface area contributed by atoms with Crippen LogP contribution in [0.2, 0.25) is 10.0 Å². The van der Waals surface area contributed by atoms with Gasteiger partial charge in [0.1, 0.15) is 6.54 Å². The summed E-state index contributed by atoms with van der Waals surface area (Å²) >= 11 is 12.0. The molecule has 1 aromatic heterocycles. The molecule has 6 heteroatoms. The van der Waals surface area contributed by atoms with E-state index in [4.69, 9.17) is 23.2 Å². The number of hydrogen-bond donors (Lipinski definition) is 1. The summed E-state index contributed by atoms with van der Waals surface area (Å²) in [5, 5.41) is 4.51. The summed E-state index contributed by atoms with van der Waals surface area (Å²) in [6, 6.07) is 12.2. The zero-order valence-electron chi connectivity index (χ0n) is 13.8. The van der Waals surface area contributed by atoms with Crippen molar-refractivity contribution in [3.8, 4) is 0 Å². The van der Waals surface area contributed by atoms with Gasteiger partial charge in [-0.2, -0.15) is 0 Å². The summed E-state index contributed by atoms with van der Waals surface area (Å²) in [6.45, 7) is 3.70. The minimum Gasteiger partial charge on any atom is -0.323 e. The second-order valence-corrected chi connectivity index (χ2v) is 6.74. The molecule has 0 aliphatic carbocycles. The highest BCUT2D eigenvalue weighted by atomic mass is 35.5. The fraction of sp³-hybridized carbons (Fsp3) is 0.158. The Bertz CT molecular complexity index is 1040. The van der Waals surface area contributed by atoms with Crippen LogP contribution in [0.1, 0.15) is 11.1 Å². The molecule has 3 aromatic rings. The number of carbonyl (C=O) groups is 1. The second kappa shape index (κ2) is 6.90. The molecular formula is C19H16Cl2N2O2. The number of nitrogens with zero attached hydrogens (tertiary/aromatic N) is 1. The first-order chi connectivity index (χ1) is 11.9. The first-order valence-electron chi connectivity index (χ1n) is 7.71. The third-order valence-corrected chi connectivity index (χ3v) is 4.61. The number of amides is 1. The first-order valence-corrected chi connectivity index (χ1v) is 8.47. The Morgan fingerprint density at radius 1 is 1.08 bits per heavy atom. The SMILES string of the molecule is Cc1cc(=O)n(CC(=O)Nc2cc(Cl)ccc2Cl)c2c(C)cccc12. The Labute approximate surface area is 155 Å². The summed E-state index contributed by atoms with van der Waals surface area (Å²) in [4.78, 5) is 24.9. The number of aromatic nitrogens is 1. The molecule has 25 heavy (non-hydrogen) atoms. The van der Waals surface area contributed by atoms with Crippen LogP contribution in [0.15, 0.2) is 47.3 Å². The number of nitrogens with one attached hydrogen (secondary N) is 1. The highest BCUT2D eigenvalue weighted by Crippen LogP contribution is 2.25. The number of benzene rings is 2. The van der Waals surface area contributed by atoms with Gasteiger partial charge >= 0.3 is 0 Å². The molecule has 0 aliphatic rings. The summed E-state index contributed by atoms with van der Waals surface area (Å²) in [6.07, 6.45) is 0. The molecule has 0 saturated carbocycles. The molecule has 0 radical (unpaired) electrons. The summed E-state index contributed by atoms with van der Waals surface area (Å²) in [5.41, 5.74) is 2.79. The standard InChI is InChI=1S/C19H16Cl2N2O2/c1-11-4-3-5-14-12(2)8-18(25)23(19(11)14)10-17(24)22-16-9-13(20)6-7-15(16)21/h3-9H,10H2,1-2H3,(H,22,24). The summed E-state index contributed by atoms with van der Waals surface area (Å²) < 4.78 is 1.48. The largest absolute Gasteiger partial charge is 0.323 e. The Hall–Kier alpha value is -2.30. The Balaban J connectivity index is 1.99. The average Bonchev–Trinajstić information content (AvgIpc) is 2.55. The van der Waals surface area contributed by atoms with E-state index < -0.39 is 0 Å². The number of fused-ring (bicyclic) bond motifs is 1. The third kappa shape index (κ3) is 3.55. The van der Waals surface area contributed by atoms with Crippen LogP contribution in [0.3, 0.4) is 0 Å². The first kappa shape index (κ1) is 17.5. The number of aryl methyl sites for hydroxylation is 2. The Kier molecular flexibility index (Phi) is 4.84. The van der Waals surface area contributed by atoms with Gasteiger partial charge in [0.2, 0.25) is 5.91 Å². The molecule has 0 saturated heterocycles. The number of carbonyl (C=O) groups excluding carboxylic acids is 1. The molecule has 0 unspecified atom stereocenters. The van der Waals surface area contributed by atoms with Crippen LogP contribution in [0.4, 0.5) is 5.69 Å². The number of hydrogen-bond acceptors (Lipinski definition) is 2. The van der Waals surface area contributed by atoms with Gasteiger partial charge in [-0.05, 0) is 43.2 Å². The van der Waals surface area contributed by atoms with Crippen molar-refractivity contribution < 1.29 is 4.79 Å². The maximum atomic E-state index is 12.5. The van der Waals surface area contributed by atoms with Crippen molar-refractivity contribution >= 4 is 45.7 Å². The minimum atomic E-state index is -0.348. The van der Waals surface area contributed by atoms with E-state index in [1.54, 1.807) is 24.3 Å². The van der Waals surface area contributed by atoms with Crippen molar-refractivity contribution in [2.75, 3.05) is 5.32 Å². The molecule has 0 fully saturated rings. The van der Waals surface area contributed by atoms with Crippen molar-refractivity contribution in [3.05, 3.63) is 74.0 Å². The van der Waals surface area contributed by atoms with Gasteiger partial charge in [0, 0.05) is 16.5 Å². The maximum Gasteiger partial charge on any atom is 0.251 e. The zero-order valence-corrected chi connectivity index (χ0v) is 15.3. The van der Waals surface area contributed by atoms with Crippen molar-refractivity contribution in [1.29, 1.82) is 0 Å². The molecule has 0 atom stereocenters. The van der Waals surface area contributed by atoms with Crippen LogP contribution in [-0.2, 0) is 11.3 Å². The lowest BCUT2D eigenvalue weighted by Crippen LogP contribution is -2.28. The summed E-state index contributed by atoms with van der Waals surface area (Å²) in [5.74, 6) is -0.348. The number of pyridine rings is 1. The van der Waals surface area contributed by atoms with E-state index in [1.807, 2.05) is 32.0 Å². The van der Waals surface area contributed by atoms with Gasteiger partial charge in [-0.3, -0.25) is 14.2 Å². The fourth-order valence-electron chi connectivity index (χ4n) is 2.87. The highest BCUT2D eigenvalue weighted by Gasteiger charge is 2.13. The van der Waals surface area contributed by atoms with E-state index in [0.29, 0.717) is 15.7 Å². The molecule has 4 nitrogen and oxygen atoms in total. The maximum absolute atomic E-state index is 12.5. The van der Waals surface area contributed by atoms with Crippen molar-refractivity contribution in [2.45, 2.75) is 20.4 Å². The highest BCUT2D eigenvalue weighted by molar-refractivity contribution is 6.35.